The van der Waals surface area contributed by atoms with Crippen molar-refractivity contribution in [3.05, 3.63) is 23.3 Å². The molecule has 0 atom stereocenters. The van der Waals surface area contributed by atoms with Gasteiger partial charge < -0.3 is 0 Å². The van der Waals surface area contributed by atoms with Gasteiger partial charge >= 0.3 is 10.1 Å². The molecule has 1 aromatic rings. The summed E-state index contributed by atoms with van der Waals surface area (Å²) in [5, 5.41) is 0. The number of hydrogen-bond donors (Lipinski definition) is 2. The maximum Gasteiger partial charge on any atom is 0.300 e. The van der Waals surface area contributed by atoms with Crippen LogP contribution in [0.4, 0.5) is 17.6 Å². The van der Waals surface area contributed by atoms with Gasteiger partial charge in [0.25, 0.3) is 0 Å². The fraction of sp³-hybridized carbons (Fsp3) is 0.250. The highest BCUT2D eigenvalue weighted by Gasteiger charge is 2.32. The zero-order valence-corrected chi connectivity index (χ0v) is 10.4. The summed E-state index contributed by atoms with van der Waals surface area (Å²) in [5.41, 5.74) is 0. The quantitative estimate of drug-likeness (QED) is 0.386. The number of benzene rings is 1. The third-order valence-electron chi connectivity index (χ3n) is 1.76. The minimum atomic E-state index is -5.41. The smallest absolute Gasteiger partial charge is 0.282 e. The molecule has 0 unspecified atom stereocenters. The van der Waals surface area contributed by atoms with E-state index in [1.165, 1.54) is 0 Å². The van der Waals surface area contributed by atoms with Crippen LogP contribution in [0.2, 0.25) is 0 Å². The summed E-state index contributed by atoms with van der Waals surface area (Å²) in [4.78, 5) is -3.10. The molecule has 1 aromatic carbocycles. The third kappa shape index (κ3) is 2.76. The maximum atomic E-state index is 13.3. The first kappa shape index (κ1) is 15.2. The Bertz CT molecular complexity index is 547. The van der Waals surface area contributed by atoms with Crippen LogP contribution >= 0.6 is 11.9 Å². The molecule has 0 spiro atoms. The summed E-state index contributed by atoms with van der Waals surface area (Å²) in [6, 6.07) is 0. The average Bonchev–Trinajstić information content (AvgIpc) is 2.25. The molecule has 0 aromatic heterocycles. The molecule has 0 fully saturated rings. The van der Waals surface area contributed by atoms with Gasteiger partial charge in [0.05, 0.1) is 0 Å². The van der Waals surface area contributed by atoms with Crippen molar-refractivity contribution in [3.8, 4) is 0 Å². The molecule has 0 saturated carbocycles. The van der Waals surface area contributed by atoms with E-state index in [9.17, 15) is 26.0 Å². The molecular weight excluding hydrogens is 298 g/mol. The van der Waals surface area contributed by atoms with Crippen LogP contribution in [0.1, 0.15) is 6.92 Å². The molecule has 0 aliphatic heterocycles. The first-order valence-electron chi connectivity index (χ1n) is 4.44. The molecule has 0 aliphatic rings. The van der Waals surface area contributed by atoms with Gasteiger partial charge in [-0.1, -0.05) is 6.92 Å². The standard InChI is InChI=1S/C8H7F4NO3S2/c1-2-13-17-7-3(9)5(11)8(18(14,15)16)6(12)4(7)10/h13H,2H2,1H3,(H,14,15,16). The van der Waals surface area contributed by atoms with Crippen LogP contribution in [-0.4, -0.2) is 19.5 Å². The molecule has 0 heterocycles. The fourth-order valence-corrected chi connectivity index (χ4v) is 2.33. The lowest BCUT2D eigenvalue weighted by atomic mass is 10.3. The van der Waals surface area contributed by atoms with E-state index in [0.717, 1.165) is 0 Å². The van der Waals surface area contributed by atoms with E-state index in [-0.39, 0.29) is 18.5 Å². The maximum absolute atomic E-state index is 13.3. The zero-order valence-electron chi connectivity index (χ0n) is 8.80. The molecule has 0 amide bonds. The second kappa shape index (κ2) is 5.43. The van der Waals surface area contributed by atoms with E-state index in [1.54, 1.807) is 6.92 Å². The van der Waals surface area contributed by atoms with Crippen molar-refractivity contribution in [3.63, 3.8) is 0 Å². The Hall–Kier alpha value is -0.840. The summed E-state index contributed by atoms with van der Waals surface area (Å²) in [6.07, 6.45) is 0. The molecular formula is C8H7F4NO3S2. The van der Waals surface area contributed by atoms with Crippen LogP contribution in [-0.2, 0) is 10.1 Å². The lowest BCUT2D eigenvalue weighted by Crippen LogP contribution is -2.12. The van der Waals surface area contributed by atoms with Crippen molar-refractivity contribution >= 4 is 22.1 Å². The molecule has 0 radical (unpaired) electrons. The largest absolute Gasteiger partial charge is 0.300 e. The molecule has 0 bridgehead atoms. The normalized spacial score (nSPS) is 11.9. The van der Waals surface area contributed by atoms with Crippen molar-refractivity contribution < 1.29 is 30.5 Å². The van der Waals surface area contributed by atoms with Gasteiger partial charge in [-0.3, -0.25) is 9.27 Å². The van der Waals surface area contributed by atoms with Gasteiger partial charge in [0.15, 0.2) is 28.2 Å². The summed E-state index contributed by atoms with van der Waals surface area (Å²) in [5.74, 6) is -8.13. The Morgan fingerprint density at radius 1 is 1.11 bits per heavy atom. The second-order valence-electron chi connectivity index (χ2n) is 2.99. The van der Waals surface area contributed by atoms with Crippen LogP contribution in [0.3, 0.4) is 0 Å². The fourth-order valence-electron chi connectivity index (χ4n) is 1.05. The molecule has 1 rings (SSSR count). The summed E-state index contributed by atoms with van der Waals surface area (Å²) in [6.45, 7) is 1.81. The summed E-state index contributed by atoms with van der Waals surface area (Å²) in [7, 11) is -5.41. The van der Waals surface area contributed by atoms with Crippen LogP contribution in [0.25, 0.3) is 0 Å². The van der Waals surface area contributed by atoms with Crippen LogP contribution in [0, 0.1) is 23.3 Å². The Balaban J connectivity index is 3.56. The van der Waals surface area contributed by atoms with Gasteiger partial charge in [0, 0.05) is 6.54 Å². The lowest BCUT2D eigenvalue weighted by Gasteiger charge is -2.09. The van der Waals surface area contributed by atoms with E-state index < -0.39 is 43.2 Å². The van der Waals surface area contributed by atoms with Crippen molar-refractivity contribution in [2.45, 2.75) is 16.7 Å². The first-order valence-corrected chi connectivity index (χ1v) is 6.70. The van der Waals surface area contributed by atoms with Crippen LogP contribution < -0.4 is 4.72 Å². The average molecular weight is 305 g/mol. The highest BCUT2D eigenvalue weighted by molar-refractivity contribution is 7.97. The zero-order chi connectivity index (χ0) is 14.1. The molecule has 0 saturated heterocycles. The van der Waals surface area contributed by atoms with Crippen LogP contribution in [0.15, 0.2) is 9.79 Å². The van der Waals surface area contributed by atoms with Gasteiger partial charge in [-0.2, -0.15) is 8.42 Å². The number of hydrogen-bond acceptors (Lipinski definition) is 4. The van der Waals surface area contributed by atoms with Crippen molar-refractivity contribution in [2.24, 2.45) is 0 Å². The summed E-state index contributed by atoms with van der Waals surface area (Å²) >= 11 is 0.265. The van der Waals surface area contributed by atoms with Gasteiger partial charge in [0.2, 0.25) is 0 Å². The van der Waals surface area contributed by atoms with E-state index in [1.807, 2.05) is 0 Å². The molecule has 10 heteroatoms. The molecule has 18 heavy (non-hydrogen) atoms. The molecule has 0 aliphatic carbocycles. The molecule has 4 nitrogen and oxygen atoms in total. The van der Waals surface area contributed by atoms with Crippen molar-refractivity contribution in [1.82, 2.24) is 4.72 Å². The molecule has 102 valence electrons. The Kier molecular flexibility index (Phi) is 4.59. The molecule has 2 N–H and O–H groups in total. The highest BCUT2D eigenvalue weighted by atomic mass is 32.2. The predicted octanol–water partition coefficient (Wildman–Crippen LogP) is 2.11. The Morgan fingerprint density at radius 2 is 1.56 bits per heavy atom. The second-order valence-corrected chi connectivity index (χ2v) is 5.25. The topological polar surface area (TPSA) is 66.4 Å². The van der Waals surface area contributed by atoms with Crippen LogP contribution in [0.5, 0.6) is 0 Å². The van der Waals surface area contributed by atoms with Gasteiger partial charge in [-0.15, -0.1) is 0 Å². The monoisotopic (exact) mass is 305 g/mol. The highest BCUT2D eigenvalue weighted by Crippen LogP contribution is 2.32. The van der Waals surface area contributed by atoms with E-state index in [2.05, 4.69) is 4.72 Å². The van der Waals surface area contributed by atoms with Crippen molar-refractivity contribution in [2.75, 3.05) is 6.54 Å². The number of rotatable bonds is 4. The van der Waals surface area contributed by atoms with E-state index >= 15 is 0 Å². The first-order chi connectivity index (χ1) is 8.21. The van der Waals surface area contributed by atoms with Gasteiger partial charge in [-0.05, 0) is 11.9 Å². The summed E-state index contributed by atoms with van der Waals surface area (Å²) < 4.78 is 85.3. The Morgan fingerprint density at radius 3 is 1.89 bits per heavy atom. The number of nitrogens with one attached hydrogen (secondary N) is 1. The van der Waals surface area contributed by atoms with Crippen molar-refractivity contribution in [1.29, 1.82) is 0 Å². The lowest BCUT2D eigenvalue weighted by molar-refractivity contribution is 0.384. The van der Waals surface area contributed by atoms with Gasteiger partial charge in [0.1, 0.15) is 4.90 Å². The predicted molar refractivity (Wildman–Crippen MR) is 55.6 cm³/mol. The van der Waals surface area contributed by atoms with Gasteiger partial charge in [-0.25, -0.2) is 17.6 Å². The minimum absolute atomic E-state index is 0.243. The van der Waals surface area contributed by atoms with E-state index in [4.69, 9.17) is 4.55 Å². The third-order valence-corrected chi connectivity index (χ3v) is 3.63. The van der Waals surface area contributed by atoms with E-state index in [0.29, 0.717) is 0 Å². The number of halogens is 4. The Labute approximate surface area is 104 Å². The SMILES string of the molecule is CCNSc1c(F)c(F)c(S(=O)(=O)O)c(F)c1F. The minimum Gasteiger partial charge on any atom is -0.282 e.